The first-order valence-corrected chi connectivity index (χ1v) is 4.24. The Kier molecular flexibility index (Phi) is 2.44. The maximum absolute atomic E-state index is 8.87. The van der Waals surface area contributed by atoms with Gasteiger partial charge in [0.2, 0.25) is 0 Å². The van der Waals surface area contributed by atoms with E-state index >= 15 is 0 Å². The van der Waals surface area contributed by atoms with Crippen molar-refractivity contribution < 1.29 is 5.11 Å². The van der Waals surface area contributed by atoms with E-state index in [0.717, 1.165) is 6.42 Å². The summed E-state index contributed by atoms with van der Waals surface area (Å²) >= 11 is 7.27. The number of rotatable bonds is 2. The number of allylic oxidation sites excluding steroid dienone is 1. The molecule has 0 aromatic heterocycles. The molecular formula is C6H9ClOS. The highest BCUT2D eigenvalue weighted by Gasteiger charge is 2.29. The normalized spacial score (nSPS) is 33.6. The molecule has 0 spiro atoms. The van der Waals surface area contributed by atoms with Crippen LogP contribution in [0, 0.1) is 0 Å². The predicted octanol–water partition coefficient (Wildman–Crippen LogP) is 1.61. The van der Waals surface area contributed by atoms with E-state index in [4.69, 9.17) is 16.7 Å². The Morgan fingerprint density at radius 2 is 2.56 bits per heavy atom. The number of alkyl halides is 1. The molecule has 0 aliphatic carbocycles. The zero-order valence-corrected chi connectivity index (χ0v) is 6.58. The average molecular weight is 165 g/mol. The van der Waals surface area contributed by atoms with Crippen molar-refractivity contribution in [2.75, 3.05) is 12.5 Å². The molecule has 0 saturated heterocycles. The molecule has 0 aromatic carbocycles. The minimum Gasteiger partial charge on any atom is -0.395 e. The van der Waals surface area contributed by atoms with E-state index in [1.807, 2.05) is 11.5 Å². The van der Waals surface area contributed by atoms with Gasteiger partial charge >= 0.3 is 0 Å². The van der Waals surface area contributed by atoms with E-state index in [1.165, 1.54) is 0 Å². The molecule has 1 nitrogen and oxygen atoms in total. The Hall–Kier alpha value is 0.340. The molecule has 9 heavy (non-hydrogen) atoms. The van der Waals surface area contributed by atoms with E-state index in [1.54, 1.807) is 11.8 Å². The lowest BCUT2D eigenvalue weighted by Gasteiger charge is -2.21. The monoisotopic (exact) mass is 164 g/mol. The smallest absolute Gasteiger partial charge is 0.0601 e. The highest BCUT2D eigenvalue weighted by molar-refractivity contribution is 8.03. The van der Waals surface area contributed by atoms with Crippen LogP contribution < -0.4 is 0 Å². The second-order valence-electron chi connectivity index (χ2n) is 2.17. The van der Waals surface area contributed by atoms with Gasteiger partial charge in [-0.2, -0.15) is 0 Å². The van der Waals surface area contributed by atoms with Crippen molar-refractivity contribution in [1.29, 1.82) is 0 Å². The van der Waals surface area contributed by atoms with Crippen molar-refractivity contribution in [3.05, 3.63) is 11.5 Å². The number of aliphatic hydroxyl groups is 1. The first kappa shape index (κ1) is 7.45. The minimum atomic E-state index is -0.0957. The molecule has 0 saturated carbocycles. The molecule has 1 N–H and O–H groups in total. The molecule has 1 heterocycles. The highest BCUT2D eigenvalue weighted by Crippen LogP contribution is 2.36. The third-order valence-corrected chi connectivity index (χ3v) is 3.37. The van der Waals surface area contributed by atoms with Crippen molar-refractivity contribution in [3.8, 4) is 0 Å². The lowest BCUT2D eigenvalue weighted by molar-refractivity contribution is 0.260. The van der Waals surface area contributed by atoms with Crippen LogP contribution >= 0.6 is 23.4 Å². The van der Waals surface area contributed by atoms with Crippen molar-refractivity contribution in [3.63, 3.8) is 0 Å². The molecule has 52 valence electrons. The van der Waals surface area contributed by atoms with Crippen LogP contribution in [0.15, 0.2) is 11.5 Å². The van der Waals surface area contributed by atoms with Crippen LogP contribution in [0.1, 0.15) is 6.42 Å². The lowest BCUT2D eigenvalue weighted by Crippen LogP contribution is -2.28. The SMILES string of the molecule is OCC1(CCl)CC=CS1. The molecule has 3 heteroatoms. The van der Waals surface area contributed by atoms with Gasteiger partial charge in [0.15, 0.2) is 0 Å². The van der Waals surface area contributed by atoms with Crippen LogP contribution in [0.3, 0.4) is 0 Å². The van der Waals surface area contributed by atoms with Crippen molar-refractivity contribution in [2.45, 2.75) is 11.2 Å². The second kappa shape index (κ2) is 2.95. The third kappa shape index (κ3) is 1.42. The van der Waals surface area contributed by atoms with Gasteiger partial charge in [-0.05, 0) is 11.8 Å². The van der Waals surface area contributed by atoms with Gasteiger partial charge in [0.1, 0.15) is 0 Å². The zero-order chi connectivity index (χ0) is 6.74. The van der Waals surface area contributed by atoms with E-state index < -0.39 is 0 Å². The Balaban J connectivity index is 2.50. The molecule has 0 fully saturated rings. The molecule has 0 aromatic rings. The Morgan fingerprint density at radius 3 is 2.78 bits per heavy atom. The first-order valence-electron chi connectivity index (χ1n) is 2.83. The predicted molar refractivity (Wildman–Crippen MR) is 41.9 cm³/mol. The van der Waals surface area contributed by atoms with Gasteiger partial charge < -0.3 is 5.11 Å². The zero-order valence-electron chi connectivity index (χ0n) is 5.01. The van der Waals surface area contributed by atoms with Gasteiger partial charge in [0.05, 0.1) is 11.4 Å². The van der Waals surface area contributed by atoms with Crippen LogP contribution in [0.25, 0.3) is 0 Å². The summed E-state index contributed by atoms with van der Waals surface area (Å²) in [5.41, 5.74) is 0. The number of halogens is 1. The minimum absolute atomic E-state index is 0.0957. The number of hydrogen-bond acceptors (Lipinski definition) is 2. The van der Waals surface area contributed by atoms with Gasteiger partial charge in [0.25, 0.3) is 0 Å². The molecule has 1 rings (SSSR count). The summed E-state index contributed by atoms with van der Waals surface area (Å²) in [5, 5.41) is 10.9. The van der Waals surface area contributed by atoms with E-state index in [2.05, 4.69) is 0 Å². The van der Waals surface area contributed by atoms with Gasteiger partial charge in [-0.3, -0.25) is 0 Å². The van der Waals surface area contributed by atoms with Crippen LogP contribution in [-0.2, 0) is 0 Å². The summed E-state index contributed by atoms with van der Waals surface area (Å²) < 4.78 is -0.0957. The highest BCUT2D eigenvalue weighted by atomic mass is 35.5. The largest absolute Gasteiger partial charge is 0.395 e. The topological polar surface area (TPSA) is 20.2 Å². The molecule has 1 atom stereocenters. The van der Waals surface area contributed by atoms with Gasteiger partial charge in [-0.15, -0.1) is 23.4 Å². The average Bonchev–Trinajstić information content (AvgIpc) is 2.36. The van der Waals surface area contributed by atoms with Crippen molar-refractivity contribution in [2.24, 2.45) is 0 Å². The van der Waals surface area contributed by atoms with Crippen LogP contribution in [-0.4, -0.2) is 22.3 Å². The second-order valence-corrected chi connectivity index (χ2v) is 3.81. The van der Waals surface area contributed by atoms with E-state index in [0.29, 0.717) is 5.88 Å². The summed E-state index contributed by atoms with van der Waals surface area (Å²) in [6.45, 7) is 0.175. The summed E-state index contributed by atoms with van der Waals surface area (Å²) in [6.07, 6.45) is 2.95. The molecular weight excluding hydrogens is 156 g/mol. The van der Waals surface area contributed by atoms with Gasteiger partial charge in [-0.1, -0.05) is 6.08 Å². The molecule has 1 aliphatic rings. The maximum Gasteiger partial charge on any atom is 0.0601 e. The third-order valence-electron chi connectivity index (χ3n) is 1.44. The maximum atomic E-state index is 8.87. The molecule has 1 unspecified atom stereocenters. The molecule has 1 aliphatic heterocycles. The van der Waals surface area contributed by atoms with E-state index in [9.17, 15) is 0 Å². The summed E-state index contributed by atoms with van der Waals surface area (Å²) in [7, 11) is 0. The van der Waals surface area contributed by atoms with Crippen LogP contribution in [0.5, 0.6) is 0 Å². The Bertz CT molecular complexity index is 110. The molecule has 0 radical (unpaired) electrons. The Labute approximate surface area is 64.1 Å². The quantitative estimate of drug-likeness (QED) is 0.626. The summed E-state index contributed by atoms with van der Waals surface area (Å²) in [4.78, 5) is 0. The lowest BCUT2D eigenvalue weighted by atomic mass is 10.1. The first-order chi connectivity index (χ1) is 4.33. The summed E-state index contributed by atoms with van der Waals surface area (Å²) in [5.74, 6) is 0.529. The van der Waals surface area contributed by atoms with Gasteiger partial charge in [0, 0.05) is 5.88 Å². The van der Waals surface area contributed by atoms with E-state index in [-0.39, 0.29) is 11.4 Å². The molecule has 0 bridgehead atoms. The fourth-order valence-electron chi connectivity index (χ4n) is 0.734. The van der Waals surface area contributed by atoms with Gasteiger partial charge in [-0.25, -0.2) is 0 Å². The standard InChI is InChI=1S/C6H9ClOS/c7-4-6(5-8)2-1-3-9-6/h1,3,8H,2,4-5H2. The fourth-order valence-corrected chi connectivity index (χ4v) is 1.93. The number of aliphatic hydroxyl groups excluding tert-OH is 1. The summed E-state index contributed by atoms with van der Waals surface area (Å²) in [6, 6.07) is 0. The number of thioether (sulfide) groups is 1. The molecule has 0 amide bonds. The number of hydrogen-bond donors (Lipinski definition) is 1. The Morgan fingerprint density at radius 1 is 1.78 bits per heavy atom. The van der Waals surface area contributed by atoms with Crippen LogP contribution in [0.2, 0.25) is 0 Å². The van der Waals surface area contributed by atoms with Crippen molar-refractivity contribution >= 4 is 23.4 Å². The van der Waals surface area contributed by atoms with Crippen LogP contribution in [0.4, 0.5) is 0 Å². The fraction of sp³-hybridized carbons (Fsp3) is 0.667. The van der Waals surface area contributed by atoms with Crippen molar-refractivity contribution in [1.82, 2.24) is 0 Å².